The molecule has 20 heavy (non-hydrogen) atoms. The van der Waals surface area contributed by atoms with Crippen LogP contribution in [-0.4, -0.2) is 11.5 Å². The Labute approximate surface area is 126 Å². The predicted octanol–water partition coefficient (Wildman–Crippen LogP) is 4.47. The summed E-state index contributed by atoms with van der Waals surface area (Å²) < 4.78 is 0. The van der Waals surface area contributed by atoms with Crippen molar-refractivity contribution in [1.82, 2.24) is 10.3 Å². The van der Waals surface area contributed by atoms with Gasteiger partial charge in [-0.15, -0.1) is 11.3 Å². The van der Waals surface area contributed by atoms with Crippen molar-refractivity contribution < 1.29 is 0 Å². The highest BCUT2D eigenvalue weighted by atomic mass is 32.1. The van der Waals surface area contributed by atoms with Crippen molar-refractivity contribution in [3.63, 3.8) is 0 Å². The van der Waals surface area contributed by atoms with E-state index in [1.165, 1.54) is 26.6 Å². The van der Waals surface area contributed by atoms with Crippen molar-refractivity contribution in [2.24, 2.45) is 0 Å². The van der Waals surface area contributed by atoms with E-state index in [0.717, 1.165) is 18.7 Å². The van der Waals surface area contributed by atoms with Crippen molar-refractivity contribution in [2.75, 3.05) is 6.54 Å². The molecule has 0 aliphatic heterocycles. The highest BCUT2D eigenvalue weighted by molar-refractivity contribution is 7.11. The summed E-state index contributed by atoms with van der Waals surface area (Å²) >= 11 is 1.80. The minimum atomic E-state index is 0.214. The minimum Gasteiger partial charge on any atom is -0.304 e. The Hall–Kier alpha value is -1.19. The molecule has 2 rings (SSSR count). The summed E-state index contributed by atoms with van der Waals surface area (Å²) in [5, 5.41) is 4.81. The van der Waals surface area contributed by atoms with E-state index < -0.39 is 0 Å². The zero-order valence-corrected chi connectivity index (χ0v) is 13.9. The van der Waals surface area contributed by atoms with Crippen LogP contribution >= 0.6 is 11.3 Å². The highest BCUT2D eigenvalue weighted by Crippen LogP contribution is 2.29. The summed E-state index contributed by atoms with van der Waals surface area (Å²) in [4.78, 5) is 6.06. The van der Waals surface area contributed by atoms with Gasteiger partial charge in [0.05, 0.1) is 11.7 Å². The van der Waals surface area contributed by atoms with Gasteiger partial charge in [-0.25, -0.2) is 4.98 Å². The van der Waals surface area contributed by atoms with Crippen molar-refractivity contribution in [1.29, 1.82) is 0 Å². The number of aromatic nitrogens is 1. The number of benzene rings is 1. The summed E-state index contributed by atoms with van der Waals surface area (Å²) in [6.07, 6.45) is 1.13. The van der Waals surface area contributed by atoms with Crippen LogP contribution in [0.4, 0.5) is 0 Å². The molecule has 1 aromatic heterocycles. The quantitative estimate of drug-likeness (QED) is 0.878. The van der Waals surface area contributed by atoms with Crippen molar-refractivity contribution >= 4 is 11.3 Å². The number of aryl methyl sites for hydroxylation is 4. The van der Waals surface area contributed by atoms with Gasteiger partial charge in [0.25, 0.3) is 0 Å². The van der Waals surface area contributed by atoms with Gasteiger partial charge < -0.3 is 5.32 Å². The summed E-state index contributed by atoms with van der Waals surface area (Å²) in [6.45, 7) is 11.8. The Morgan fingerprint density at radius 3 is 2.45 bits per heavy atom. The molecule has 108 valence electrons. The molecule has 2 aromatic rings. The third-order valence-corrected chi connectivity index (χ3v) is 4.89. The average molecular weight is 288 g/mol. The van der Waals surface area contributed by atoms with Gasteiger partial charge in [0.15, 0.2) is 0 Å². The van der Waals surface area contributed by atoms with Gasteiger partial charge >= 0.3 is 0 Å². The van der Waals surface area contributed by atoms with E-state index in [2.05, 4.69) is 58.1 Å². The first-order chi connectivity index (χ1) is 9.52. The molecule has 0 fully saturated rings. The van der Waals surface area contributed by atoms with E-state index in [9.17, 15) is 0 Å². The lowest BCUT2D eigenvalue weighted by atomic mass is 10.0. The van der Waals surface area contributed by atoms with Gasteiger partial charge in [-0.3, -0.25) is 0 Å². The molecular formula is C17H24N2S. The Morgan fingerprint density at radius 1 is 1.15 bits per heavy atom. The zero-order valence-electron chi connectivity index (χ0n) is 13.1. The first-order valence-electron chi connectivity index (χ1n) is 7.27. The molecule has 1 atom stereocenters. The Bertz CT molecular complexity index is 567. The molecule has 0 spiro atoms. The van der Waals surface area contributed by atoms with Crippen LogP contribution in [0.15, 0.2) is 18.2 Å². The molecule has 0 amide bonds. The zero-order chi connectivity index (χ0) is 14.7. The third-order valence-electron chi connectivity index (χ3n) is 3.75. The fraction of sp³-hybridized carbons (Fsp3) is 0.471. The Morgan fingerprint density at radius 2 is 1.90 bits per heavy atom. The van der Waals surface area contributed by atoms with Gasteiger partial charge in [-0.05, 0) is 57.4 Å². The lowest BCUT2D eigenvalue weighted by molar-refractivity contribution is 0.595. The second-order valence-corrected chi connectivity index (χ2v) is 6.66. The van der Waals surface area contributed by atoms with Gasteiger partial charge in [0.2, 0.25) is 0 Å². The van der Waals surface area contributed by atoms with Crippen LogP contribution in [0, 0.1) is 27.7 Å². The molecule has 3 heteroatoms. The first-order valence-corrected chi connectivity index (χ1v) is 8.09. The standard InChI is InChI=1S/C17H24N2S/c1-6-9-18-16(17-19-13(4)14(5)20-17)15-8-7-11(2)12(3)10-15/h7-8,10,16,18H,6,9H2,1-5H3. The molecule has 0 aliphatic rings. The lowest BCUT2D eigenvalue weighted by Crippen LogP contribution is -2.23. The molecule has 0 saturated heterocycles. The number of rotatable bonds is 5. The number of thiazole rings is 1. The fourth-order valence-electron chi connectivity index (χ4n) is 2.20. The van der Waals surface area contributed by atoms with Crippen LogP contribution in [0.2, 0.25) is 0 Å². The second-order valence-electron chi connectivity index (χ2n) is 5.42. The Balaban J connectivity index is 2.38. The maximum atomic E-state index is 4.75. The maximum Gasteiger partial charge on any atom is 0.115 e. The van der Waals surface area contributed by atoms with Gasteiger partial charge in [0.1, 0.15) is 5.01 Å². The van der Waals surface area contributed by atoms with Gasteiger partial charge in [-0.1, -0.05) is 25.1 Å². The van der Waals surface area contributed by atoms with Crippen LogP contribution in [0.5, 0.6) is 0 Å². The second kappa shape index (κ2) is 6.51. The summed E-state index contributed by atoms with van der Waals surface area (Å²) in [6, 6.07) is 6.93. The molecule has 0 radical (unpaired) electrons. The summed E-state index contributed by atoms with van der Waals surface area (Å²) in [5.41, 5.74) is 5.15. The van der Waals surface area contributed by atoms with Crippen LogP contribution in [-0.2, 0) is 0 Å². The average Bonchev–Trinajstić information content (AvgIpc) is 2.74. The smallest absolute Gasteiger partial charge is 0.115 e. The van der Waals surface area contributed by atoms with Crippen molar-refractivity contribution in [3.8, 4) is 0 Å². The number of hydrogen-bond donors (Lipinski definition) is 1. The van der Waals surface area contributed by atoms with Crippen LogP contribution < -0.4 is 5.32 Å². The van der Waals surface area contributed by atoms with Gasteiger partial charge in [-0.2, -0.15) is 0 Å². The summed E-state index contributed by atoms with van der Waals surface area (Å²) in [7, 11) is 0. The molecule has 1 N–H and O–H groups in total. The molecule has 1 heterocycles. The van der Waals surface area contributed by atoms with Crippen LogP contribution in [0.25, 0.3) is 0 Å². The van der Waals surface area contributed by atoms with Crippen molar-refractivity contribution in [2.45, 2.75) is 47.1 Å². The largest absolute Gasteiger partial charge is 0.304 e. The normalized spacial score (nSPS) is 12.7. The highest BCUT2D eigenvalue weighted by Gasteiger charge is 2.18. The molecule has 2 nitrogen and oxygen atoms in total. The number of nitrogens with zero attached hydrogens (tertiary/aromatic N) is 1. The number of nitrogens with one attached hydrogen (secondary N) is 1. The van der Waals surface area contributed by atoms with E-state index in [4.69, 9.17) is 4.98 Å². The monoisotopic (exact) mass is 288 g/mol. The topological polar surface area (TPSA) is 24.9 Å². The molecule has 0 aliphatic carbocycles. The molecular weight excluding hydrogens is 264 g/mol. The van der Waals surface area contributed by atoms with E-state index in [1.807, 2.05) is 0 Å². The number of hydrogen-bond acceptors (Lipinski definition) is 3. The van der Waals surface area contributed by atoms with Gasteiger partial charge in [0, 0.05) is 4.88 Å². The van der Waals surface area contributed by atoms with E-state index in [1.54, 1.807) is 11.3 Å². The van der Waals surface area contributed by atoms with E-state index >= 15 is 0 Å². The lowest BCUT2D eigenvalue weighted by Gasteiger charge is -2.18. The Kier molecular flexibility index (Phi) is 4.95. The minimum absolute atomic E-state index is 0.214. The first kappa shape index (κ1) is 15.2. The van der Waals surface area contributed by atoms with E-state index in [0.29, 0.717) is 0 Å². The fourth-order valence-corrected chi connectivity index (χ4v) is 3.23. The molecule has 0 saturated carbocycles. The third kappa shape index (κ3) is 3.28. The maximum absolute atomic E-state index is 4.75. The van der Waals surface area contributed by atoms with E-state index in [-0.39, 0.29) is 6.04 Å². The predicted molar refractivity (Wildman–Crippen MR) is 87.6 cm³/mol. The summed E-state index contributed by atoms with van der Waals surface area (Å²) in [5.74, 6) is 0. The molecule has 1 aromatic carbocycles. The van der Waals surface area contributed by atoms with Crippen LogP contribution in [0.1, 0.15) is 51.7 Å². The molecule has 0 bridgehead atoms. The van der Waals surface area contributed by atoms with Crippen LogP contribution in [0.3, 0.4) is 0 Å². The van der Waals surface area contributed by atoms with Crippen molar-refractivity contribution in [3.05, 3.63) is 50.5 Å². The molecule has 1 unspecified atom stereocenters. The SMILES string of the molecule is CCCNC(c1ccc(C)c(C)c1)c1nc(C)c(C)s1.